The fourth-order valence-electron chi connectivity index (χ4n) is 3.50. The van der Waals surface area contributed by atoms with Gasteiger partial charge >= 0.3 is 6.03 Å². The van der Waals surface area contributed by atoms with Crippen molar-refractivity contribution in [2.75, 3.05) is 4.90 Å². The Morgan fingerprint density at radius 2 is 1.69 bits per heavy atom. The number of anilines is 1. The van der Waals surface area contributed by atoms with E-state index in [0.717, 1.165) is 4.90 Å². The number of barbiturate groups is 1. The van der Waals surface area contributed by atoms with E-state index in [1.54, 1.807) is 67.6 Å². The Hall–Kier alpha value is -3.77. The number of rotatable bonds is 4. The SMILES string of the molecule is Cc1ccccc1N1C(=O)NC(=O)/C(=C\c2ccc(Cc3ccccc3F)c(Cl)c2)C1=O. The van der Waals surface area contributed by atoms with E-state index in [2.05, 4.69) is 5.32 Å². The van der Waals surface area contributed by atoms with Crippen LogP contribution in [0.3, 0.4) is 0 Å². The number of benzene rings is 3. The van der Waals surface area contributed by atoms with Crippen molar-refractivity contribution in [3.05, 3.63) is 105 Å². The molecule has 1 N–H and O–H groups in total. The molecule has 0 saturated carbocycles. The molecule has 3 aromatic rings. The largest absolute Gasteiger partial charge is 0.335 e. The van der Waals surface area contributed by atoms with Crippen LogP contribution < -0.4 is 10.2 Å². The third kappa shape index (κ3) is 4.18. The predicted octanol–water partition coefficient (Wildman–Crippen LogP) is 5.04. The van der Waals surface area contributed by atoms with Crippen LogP contribution in [0.15, 0.2) is 72.3 Å². The van der Waals surface area contributed by atoms with Crippen molar-refractivity contribution in [1.82, 2.24) is 5.32 Å². The molecule has 4 rings (SSSR count). The third-order valence-electron chi connectivity index (χ3n) is 5.18. The van der Waals surface area contributed by atoms with Crippen LogP contribution in [0.4, 0.5) is 14.9 Å². The summed E-state index contributed by atoms with van der Waals surface area (Å²) < 4.78 is 14.0. The lowest BCUT2D eigenvalue weighted by Gasteiger charge is -2.27. The van der Waals surface area contributed by atoms with Crippen molar-refractivity contribution in [3.63, 3.8) is 0 Å². The number of nitrogens with zero attached hydrogens (tertiary/aromatic N) is 1. The second-order valence-corrected chi connectivity index (χ2v) is 7.77. The van der Waals surface area contributed by atoms with Crippen LogP contribution in [-0.2, 0) is 16.0 Å². The molecule has 0 aromatic heterocycles. The minimum absolute atomic E-state index is 0.189. The van der Waals surface area contributed by atoms with Gasteiger partial charge in [0.15, 0.2) is 0 Å². The molecule has 0 bridgehead atoms. The Morgan fingerprint density at radius 1 is 0.969 bits per heavy atom. The lowest BCUT2D eigenvalue weighted by atomic mass is 10.0. The van der Waals surface area contributed by atoms with Gasteiger partial charge in [0.1, 0.15) is 11.4 Å². The highest BCUT2D eigenvalue weighted by molar-refractivity contribution is 6.39. The summed E-state index contributed by atoms with van der Waals surface area (Å²) in [6.07, 6.45) is 1.69. The van der Waals surface area contributed by atoms with Gasteiger partial charge in [0.05, 0.1) is 5.69 Å². The molecule has 1 aliphatic rings. The average Bonchev–Trinajstić information content (AvgIpc) is 2.75. The smallest absolute Gasteiger partial charge is 0.273 e. The van der Waals surface area contributed by atoms with Crippen LogP contribution in [0, 0.1) is 12.7 Å². The Bertz CT molecular complexity index is 1290. The van der Waals surface area contributed by atoms with Gasteiger partial charge in [-0.3, -0.25) is 14.9 Å². The number of carbonyl (C=O) groups is 3. The van der Waals surface area contributed by atoms with Gasteiger partial charge in [-0.1, -0.05) is 60.1 Å². The van der Waals surface area contributed by atoms with Crippen LogP contribution >= 0.6 is 11.6 Å². The molecule has 0 atom stereocenters. The summed E-state index contributed by atoms with van der Waals surface area (Å²) in [4.78, 5) is 38.7. The highest BCUT2D eigenvalue weighted by atomic mass is 35.5. The maximum absolute atomic E-state index is 14.0. The van der Waals surface area contributed by atoms with Crippen molar-refractivity contribution >= 4 is 41.2 Å². The summed E-state index contributed by atoms with van der Waals surface area (Å²) in [6, 6.07) is 17.5. The standard InChI is InChI=1S/C25H18ClFN2O3/c1-15-6-2-5-9-22(15)29-24(31)19(23(30)28-25(29)32)12-16-10-11-17(20(26)13-16)14-18-7-3-4-8-21(18)27/h2-13H,14H2,1H3,(H,28,30,32)/b19-12+. The summed E-state index contributed by atoms with van der Waals surface area (Å²) in [7, 11) is 0. The number of para-hydroxylation sites is 1. The highest BCUT2D eigenvalue weighted by Crippen LogP contribution is 2.27. The van der Waals surface area contributed by atoms with Crippen LogP contribution in [-0.4, -0.2) is 17.8 Å². The fraction of sp³-hybridized carbons (Fsp3) is 0.0800. The van der Waals surface area contributed by atoms with Gasteiger partial charge in [-0.25, -0.2) is 14.1 Å². The van der Waals surface area contributed by atoms with E-state index >= 15 is 0 Å². The van der Waals surface area contributed by atoms with E-state index < -0.39 is 17.8 Å². The first-order valence-electron chi connectivity index (χ1n) is 9.84. The van der Waals surface area contributed by atoms with Crippen LogP contribution in [0.5, 0.6) is 0 Å². The molecule has 160 valence electrons. The number of carbonyl (C=O) groups excluding carboxylic acids is 3. The molecule has 5 nitrogen and oxygen atoms in total. The van der Waals surface area contributed by atoms with Crippen molar-refractivity contribution in [3.8, 4) is 0 Å². The number of nitrogens with one attached hydrogen (secondary N) is 1. The Morgan fingerprint density at radius 3 is 2.41 bits per heavy atom. The second-order valence-electron chi connectivity index (χ2n) is 7.36. The van der Waals surface area contributed by atoms with Gasteiger partial charge in [0, 0.05) is 11.4 Å². The monoisotopic (exact) mass is 448 g/mol. The van der Waals surface area contributed by atoms with Crippen LogP contribution in [0.2, 0.25) is 5.02 Å². The molecule has 0 spiro atoms. The molecule has 0 radical (unpaired) electrons. The molecule has 0 unspecified atom stereocenters. The number of imide groups is 2. The molecule has 4 amide bonds. The molecule has 0 aliphatic carbocycles. The molecule has 1 heterocycles. The van der Waals surface area contributed by atoms with Gasteiger partial charge in [-0.2, -0.15) is 0 Å². The summed E-state index contributed by atoms with van der Waals surface area (Å²) in [5.41, 5.74) is 2.64. The molecule has 32 heavy (non-hydrogen) atoms. The molecule has 1 aliphatic heterocycles. The molecule has 1 saturated heterocycles. The predicted molar refractivity (Wildman–Crippen MR) is 121 cm³/mol. The minimum atomic E-state index is -0.801. The van der Waals surface area contributed by atoms with Gasteiger partial charge in [0.25, 0.3) is 11.8 Å². The van der Waals surface area contributed by atoms with Crippen molar-refractivity contribution < 1.29 is 18.8 Å². The van der Waals surface area contributed by atoms with Crippen molar-refractivity contribution in [2.24, 2.45) is 0 Å². The first-order valence-corrected chi connectivity index (χ1v) is 10.2. The lowest BCUT2D eigenvalue weighted by Crippen LogP contribution is -2.54. The quantitative estimate of drug-likeness (QED) is 0.449. The lowest BCUT2D eigenvalue weighted by molar-refractivity contribution is -0.122. The average molecular weight is 449 g/mol. The van der Waals surface area contributed by atoms with Gasteiger partial charge in [0.2, 0.25) is 0 Å². The summed E-state index contributed by atoms with van der Waals surface area (Å²) >= 11 is 6.39. The topological polar surface area (TPSA) is 66.5 Å². The van der Waals surface area contributed by atoms with E-state index in [4.69, 9.17) is 11.6 Å². The number of hydrogen-bond donors (Lipinski definition) is 1. The zero-order chi connectivity index (χ0) is 22.8. The molecular formula is C25H18ClFN2O3. The van der Waals surface area contributed by atoms with Crippen LogP contribution in [0.1, 0.15) is 22.3 Å². The molecule has 1 fully saturated rings. The van der Waals surface area contributed by atoms with Gasteiger partial charge in [-0.05, 0) is 53.5 Å². The fourth-order valence-corrected chi connectivity index (χ4v) is 3.76. The maximum atomic E-state index is 14.0. The minimum Gasteiger partial charge on any atom is -0.273 e. The zero-order valence-electron chi connectivity index (χ0n) is 17.1. The Kier molecular flexibility index (Phi) is 5.88. The normalized spacial score (nSPS) is 15.3. The first kappa shape index (κ1) is 21.5. The molecule has 7 heteroatoms. The zero-order valence-corrected chi connectivity index (χ0v) is 17.8. The number of halogens is 2. The summed E-state index contributed by atoms with van der Waals surface area (Å²) in [5, 5.41) is 2.58. The molecular weight excluding hydrogens is 431 g/mol. The van der Waals surface area contributed by atoms with Crippen molar-refractivity contribution in [2.45, 2.75) is 13.3 Å². The van der Waals surface area contributed by atoms with E-state index in [1.807, 2.05) is 0 Å². The second kappa shape index (κ2) is 8.77. The van der Waals surface area contributed by atoms with Gasteiger partial charge in [-0.15, -0.1) is 0 Å². The third-order valence-corrected chi connectivity index (χ3v) is 5.54. The van der Waals surface area contributed by atoms with E-state index in [0.29, 0.717) is 39.4 Å². The summed E-state index contributed by atoms with van der Waals surface area (Å²) in [5.74, 6) is -1.82. The van der Waals surface area contributed by atoms with E-state index in [9.17, 15) is 18.8 Å². The highest BCUT2D eigenvalue weighted by Gasteiger charge is 2.37. The van der Waals surface area contributed by atoms with E-state index in [-0.39, 0.29) is 11.4 Å². The summed E-state index contributed by atoms with van der Waals surface area (Å²) in [6.45, 7) is 1.77. The number of hydrogen-bond acceptors (Lipinski definition) is 3. The maximum Gasteiger partial charge on any atom is 0.335 e. The number of amides is 4. The Labute approximate surface area is 189 Å². The van der Waals surface area contributed by atoms with Gasteiger partial charge < -0.3 is 0 Å². The van der Waals surface area contributed by atoms with E-state index in [1.165, 1.54) is 12.1 Å². The molecule has 3 aromatic carbocycles. The van der Waals surface area contributed by atoms with Crippen molar-refractivity contribution in [1.29, 1.82) is 0 Å². The van der Waals surface area contributed by atoms with Crippen LogP contribution in [0.25, 0.3) is 6.08 Å². The number of aryl methyl sites for hydroxylation is 1. The number of urea groups is 1. The Balaban J connectivity index is 1.65. The first-order chi connectivity index (χ1) is 15.3.